The van der Waals surface area contributed by atoms with Crippen LogP contribution in [0.2, 0.25) is 0 Å². The van der Waals surface area contributed by atoms with Gasteiger partial charge in [-0.3, -0.25) is 10.1 Å². The number of amides is 1. The summed E-state index contributed by atoms with van der Waals surface area (Å²) in [4.78, 5) is 23.0. The number of esters is 1. The summed E-state index contributed by atoms with van der Waals surface area (Å²) in [5, 5.41) is 5.39. The third kappa shape index (κ3) is 5.93. The number of carbonyl (C=O) groups is 2. The Hall–Kier alpha value is -1.54. The molecule has 0 aromatic carbocycles. The Kier molecular flexibility index (Phi) is 7.82. The van der Waals surface area contributed by atoms with Crippen molar-refractivity contribution in [2.24, 2.45) is 5.92 Å². The number of ether oxygens (including phenoxy) is 1. The highest BCUT2D eigenvalue weighted by Crippen LogP contribution is 2.08. The fraction of sp³-hybridized carbons (Fsp3) is 0.667. The molecule has 0 aliphatic rings. The van der Waals surface area contributed by atoms with E-state index in [-0.39, 0.29) is 18.4 Å². The molecule has 5 nitrogen and oxygen atoms in total. The number of terminal acetylenes is 1. The smallest absolute Gasteiger partial charge is 0.328 e. The van der Waals surface area contributed by atoms with Gasteiger partial charge in [0.2, 0.25) is 5.91 Å². The van der Waals surface area contributed by atoms with Crippen molar-refractivity contribution in [1.82, 2.24) is 10.6 Å². The van der Waals surface area contributed by atoms with Crippen LogP contribution in [0.4, 0.5) is 0 Å². The van der Waals surface area contributed by atoms with E-state index in [0.717, 1.165) is 6.42 Å². The first-order chi connectivity index (χ1) is 8.06. The summed E-state index contributed by atoms with van der Waals surface area (Å²) < 4.78 is 4.66. The third-order valence-corrected chi connectivity index (χ3v) is 2.50. The first-order valence-corrected chi connectivity index (χ1v) is 5.58. The standard InChI is InChI=1S/C12H20N2O3/c1-5-7-13-8-10(15)14-11(9(3)6-2)12(16)17-4/h1,9,11,13H,6-8H2,2-4H3,(H,14,15). The maximum absolute atomic E-state index is 11.5. The maximum atomic E-state index is 11.5. The average Bonchev–Trinajstić information content (AvgIpc) is 2.34. The minimum atomic E-state index is -0.606. The van der Waals surface area contributed by atoms with Crippen molar-refractivity contribution in [1.29, 1.82) is 0 Å². The van der Waals surface area contributed by atoms with E-state index < -0.39 is 12.0 Å². The summed E-state index contributed by atoms with van der Waals surface area (Å²) in [5.74, 6) is 1.69. The fourth-order valence-corrected chi connectivity index (χ4v) is 1.27. The van der Waals surface area contributed by atoms with Crippen molar-refractivity contribution < 1.29 is 14.3 Å². The maximum Gasteiger partial charge on any atom is 0.328 e. The number of methoxy groups -OCH3 is 1. The summed E-state index contributed by atoms with van der Waals surface area (Å²) in [6, 6.07) is -0.606. The van der Waals surface area contributed by atoms with Crippen LogP contribution < -0.4 is 10.6 Å². The van der Waals surface area contributed by atoms with Gasteiger partial charge in [-0.2, -0.15) is 0 Å². The lowest BCUT2D eigenvalue weighted by Crippen LogP contribution is -2.48. The van der Waals surface area contributed by atoms with Crippen LogP contribution in [0.5, 0.6) is 0 Å². The lowest BCUT2D eigenvalue weighted by atomic mass is 9.99. The highest BCUT2D eigenvalue weighted by atomic mass is 16.5. The molecule has 0 aliphatic heterocycles. The Morgan fingerprint density at radius 3 is 2.59 bits per heavy atom. The molecule has 0 saturated heterocycles. The van der Waals surface area contributed by atoms with E-state index >= 15 is 0 Å². The largest absolute Gasteiger partial charge is 0.467 e. The molecule has 96 valence electrons. The molecule has 5 heteroatoms. The number of hydrogen-bond donors (Lipinski definition) is 2. The van der Waals surface area contributed by atoms with E-state index in [2.05, 4.69) is 21.3 Å². The molecular weight excluding hydrogens is 220 g/mol. The molecule has 0 aromatic heterocycles. The quantitative estimate of drug-likeness (QED) is 0.371. The second-order valence-electron chi connectivity index (χ2n) is 3.76. The van der Waals surface area contributed by atoms with Crippen LogP contribution in [0.3, 0.4) is 0 Å². The van der Waals surface area contributed by atoms with E-state index in [4.69, 9.17) is 6.42 Å². The van der Waals surface area contributed by atoms with Crippen LogP contribution in [0.1, 0.15) is 20.3 Å². The van der Waals surface area contributed by atoms with Crippen molar-refractivity contribution in [2.45, 2.75) is 26.3 Å². The second-order valence-corrected chi connectivity index (χ2v) is 3.76. The van der Waals surface area contributed by atoms with Gasteiger partial charge in [0.05, 0.1) is 20.2 Å². The molecule has 2 N–H and O–H groups in total. The van der Waals surface area contributed by atoms with Gasteiger partial charge in [-0.15, -0.1) is 6.42 Å². The highest BCUT2D eigenvalue weighted by molar-refractivity contribution is 5.85. The Morgan fingerprint density at radius 1 is 1.47 bits per heavy atom. The number of nitrogens with one attached hydrogen (secondary N) is 2. The van der Waals surface area contributed by atoms with Gasteiger partial charge in [-0.25, -0.2) is 4.79 Å². The molecule has 0 saturated carbocycles. The zero-order chi connectivity index (χ0) is 13.3. The van der Waals surface area contributed by atoms with Gasteiger partial charge in [0.25, 0.3) is 0 Å². The molecular formula is C12H20N2O3. The molecule has 17 heavy (non-hydrogen) atoms. The van der Waals surface area contributed by atoms with Gasteiger partial charge in [0.15, 0.2) is 0 Å². The molecule has 0 bridgehead atoms. The summed E-state index contributed by atoms with van der Waals surface area (Å²) >= 11 is 0. The van der Waals surface area contributed by atoms with Crippen molar-refractivity contribution in [3.63, 3.8) is 0 Å². The van der Waals surface area contributed by atoms with E-state index in [9.17, 15) is 9.59 Å². The molecule has 0 spiro atoms. The van der Waals surface area contributed by atoms with Crippen molar-refractivity contribution in [3.05, 3.63) is 0 Å². The summed E-state index contributed by atoms with van der Waals surface area (Å²) in [5.41, 5.74) is 0. The van der Waals surface area contributed by atoms with Crippen molar-refractivity contribution in [2.75, 3.05) is 20.2 Å². The van der Waals surface area contributed by atoms with Crippen LogP contribution in [0.25, 0.3) is 0 Å². The Balaban J connectivity index is 4.29. The summed E-state index contributed by atoms with van der Waals surface area (Å²) in [7, 11) is 1.31. The fourth-order valence-electron chi connectivity index (χ4n) is 1.27. The predicted molar refractivity (Wildman–Crippen MR) is 65.1 cm³/mol. The molecule has 0 heterocycles. The molecule has 2 unspecified atom stereocenters. The normalized spacial score (nSPS) is 13.3. The third-order valence-electron chi connectivity index (χ3n) is 2.50. The Bertz CT molecular complexity index is 297. The minimum Gasteiger partial charge on any atom is -0.467 e. The Labute approximate surface area is 102 Å². The van der Waals surface area contributed by atoms with Gasteiger partial charge in [-0.05, 0) is 5.92 Å². The first kappa shape index (κ1) is 15.5. The van der Waals surface area contributed by atoms with Gasteiger partial charge in [0.1, 0.15) is 6.04 Å². The predicted octanol–water partition coefficient (Wildman–Crippen LogP) is -0.0869. The van der Waals surface area contributed by atoms with Crippen LogP contribution in [-0.4, -0.2) is 38.1 Å². The molecule has 0 aromatic rings. The SMILES string of the molecule is C#CCNCC(=O)NC(C(=O)OC)C(C)CC. The van der Waals surface area contributed by atoms with Crippen LogP contribution in [0.15, 0.2) is 0 Å². The van der Waals surface area contributed by atoms with Crippen molar-refractivity contribution >= 4 is 11.9 Å². The lowest BCUT2D eigenvalue weighted by Gasteiger charge is -2.21. The van der Waals surface area contributed by atoms with Crippen molar-refractivity contribution in [3.8, 4) is 12.3 Å². The monoisotopic (exact) mass is 240 g/mol. The number of rotatable bonds is 7. The van der Waals surface area contributed by atoms with E-state index in [1.807, 2.05) is 13.8 Å². The highest BCUT2D eigenvalue weighted by Gasteiger charge is 2.26. The van der Waals surface area contributed by atoms with Gasteiger partial charge >= 0.3 is 5.97 Å². The number of hydrogen-bond acceptors (Lipinski definition) is 4. The minimum absolute atomic E-state index is 0.0269. The zero-order valence-electron chi connectivity index (χ0n) is 10.6. The molecule has 1 amide bonds. The molecule has 0 aliphatic carbocycles. The molecule has 0 fully saturated rings. The Morgan fingerprint density at radius 2 is 2.12 bits per heavy atom. The van der Waals surface area contributed by atoms with E-state index in [1.54, 1.807) is 0 Å². The molecule has 0 rings (SSSR count). The number of carbonyl (C=O) groups excluding carboxylic acids is 2. The van der Waals surface area contributed by atoms with Gasteiger partial charge < -0.3 is 10.1 Å². The van der Waals surface area contributed by atoms with E-state index in [1.165, 1.54) is 7.11 Å². The molecule has 2 atom stereocenters. The first-order valence-electron chi connectivity index (χ1n) is 5.58. The van der Waals surface area contributed by atoms with E-state index in [0.29, 0.717) is 6.54 Å². The summed E-state index contributed by atoms with van der Waals surface area (Å²) in [6.45, 7) is 4.24. The van der Waals surface area contributed by atoms with Crippen LogP contribution in [-0.2, 0) is 14.3 Å². The second kappa shape index (κ2) is 8.59. The summed E-state index contributed by atoms with van der Waals surface area (Å²) in [6.07, 6.45) is 5.81. The molecule has 0 radical (unpaired) electrons. The zero-order valence-corrected chi connectivity index (χ0v) is 10.6. The van der Waals surface area contributed by atoms with Gasteiger partial charge in [0, 0.05) is 0 Å². The average molecular weight is 240 g/mol. The lowest BCUT2D eigenvalue weighted by molar-refractivity contribution is -0.146. The topological polar surface area (TPSA) is 67.4 Å². The van der Waals surface area contributed by atoms with Gasteiger partial charge in [-0.1, -0.05) is 26.2 Å². The van der Waals surface area contributed by atoms with Crippen LogP contribution >= 0.6 is 0 Å². The van der Waals surface area contributed by atoms with Crippen LogP contribution in [0, 0.1) is 18.3 Å².